The van der Waals surface area contributed by atoms with E-state index in [-0.39, 0.29) is 5.92 Å². The molecule has 3 aromatic rings. The number of nitrogens with one attached hydrogen (secondary N) is 1. The zero-order valence-corrected chi connectivity index (χ0v) is 21.1. The number of benzene rings is 2. The number of methoxy groups -OCH3 is 1. The predicted molar refractivity (Wildman–Crippen MR) is 144 cm³/mol. The maximum atomic E-state index is 6.69. The van der Waals surface area contributed by atoms with Gasteiger partial charge in [0.05, 0.1) is 18.5 Å². The fourth-order valence-corrected chi connectivity index (χ4v) is 5.38. The molecule has 1 aromatic heterocycles. The first-order chi connectivity index (χ1) is 17.0. The minimum Gasteiger partial charge on any atom is -0.494 e. The van der Waals surface area contributed by atoms with E-state index in [0.29, 0.717) is 6.04 Å². The molecular weight excluding hydrogens is 436 g/mol. The first-order valence-corrected chi connectivity index (χ1v) is 12.4. The maximum Gasteiger partial charge on any atom is 0.179 e. The lowest BCUT2D eigenvalue weighted by Crippen LogP contribution is -2.43. The molecule has 0 aliphatic carbocycles. The number of nitrogens with two attached hydrogens (primary N) is 1. The third-order valence-corrected chi connectivity index (χ3v) is 7.47. The molecule has 2 aromatic carbocycles. The Morgan fingerprint density at radius 2 is 1.83 bits per heavy atom. The molecule has 7 nitrogen and oxygen atoms in total. The van der Waals surface area contributed by atoms with Gasteiger partial charge in [-0.25, -0.2) is 4.99 Å². The molecule has 1 saturated heterocycles. The van der Waals surface area contributed by atoms with Gasteiger partial charge in [0.1, 0.15) is 11.6 Å². The first kappa shape index (κ1) is 23.5. The average Bonchev–Trinajstić information content (AvgIpc) is 3.38. The van der Waals surface area contributed by atoms with Gasteiger partial charge in [-0.15, -0.1) is 0 Å². The van der Waals surface area contributed by atoms with Crippen LogP contribution in [0.1, 0.15) is 36.8 Å². The lowest BCUT2D eigenvalue weighted by molar-refractivity contribution is 0.249. The van der Waals surface area contributed by atoms with Crippen LogP contribution in [0.25, 0.3) is 0 Å². The van der Waals surface area contributed by atoms with E-state index >= 15 is 0 Å². The zero-order chi connectivity index (χ0) is 24.5. The average molecular weight is 473 g/mol. The fourth-order valence-electron chi connectivity index (χ4n) is 5.38. The number of H-pyrrole nitrogens is 1. The molecule has 0 amide bonds. The van der Waals surface area contributed by atoms with Crippen LogP contribution in [0.5, 0.6) is 5.75 Å². The van der Waals surface area contributed by atoms with E-state index < -0.39 is 6.29 Å². The molecule has 0 spiro atoms. The van der Waals surface area contributed by atoms with Crippen molar-refractivity contribution in [3.63, 3.8) is 0 Å². The second-order valence-corrected chi connectivity index (χ2v) is 9.71. The number of rotatable bonds is 6. The molecule has 3 heterocycles. The van der Waals surface area contributed by atoms with Crippen molar-refractivity contribution < 1.29 is 4.74 Å². The molecule has 7 heteroatoms. The third-order valence-electron chi connectivity index (χ3n) is 7.47. The molecule has 0 bridgehead atoms. The Morgan fingerprint density at radius 1 is 1.09 bits per heavy atom. The summed E-state index contributed by atoms with van der Waals surface area (Å²) in [6.07, 6.45) is 3.73. The highest BCUT2D eigenvalue weighted by atomic mass is 16.5. The van der Waals surface area contributed by atoms with E-state index in [0.717, 1.165) is 54.5 Å². The Bertz CT molecular complexity index is 1180. The van der Waals surface area contributed by atoms with Gasteiger partial charge in [-0.2, -0.15) is 0 Å². The van der Waals surface area contributed by atoms with Crippen LogP contribution in [-0.2, 0) is 0 Å². The van der Waals surface area contributed by atoms with Crippen molar-refractivity contribution in [2.75, 3.05) is 44.1 Å². The van der Waals surface area contributed by atoms with Crippen molar-refractivity contribution in [2.45, 2.75) is 38.0 Å². The molecule has 2 aliphatic rings. The number of aromatic nitrogens is 1. The van der Waals surface area contributed by atoms with E-state index in [4.69, 9.17) is 15.5 Å². The minimum absolute atomic E-state index is 0.133. The zero-order valence-electron chi connectivity index (χ0n) is 21.1. The van der Waals surface area contributed by atoms with Crippen molar-refractivity contribution in [3.05, 3.63) is 71.9 Å². The number of fused-ring (bicyclic) bond motifs is 1. The standard InChI is InChI=1S/C28H36N6O/c1-19(20-8-6-5-7-9-20)26-23-12-15-30-27(23)34(28(29)31-26)24-11-10-22(18-25(24)35-4)33-16-13-21(14-17-33)32(2)3/h5-12,15,18-19,21,28,30H,13-14,16-17,29H2,1-4H3. The predicted octanol–water partition coefficient (Wildman–Crippen LogP) is 4.54. The molecule has 5 rings (SSSR count). The summed E-state index contributed by atoms with van der Waals surface area (Å²) in [4.78, 5) is 15.2. The number of ether oxygens (including phenoxy) is 1. The lowest BCUT2D eigenvalue weighted by atomic mass is 9.91. The smallest absolute Gasteiger partial charge is 0.179 e. The van der Waals surface area contributed by atoms with Crippen LogP contribution in [0.2, 0.25) is 0 Å². The summed E-state index contributed by atoms with van der Waals surface area (Å²) >= 11 is 0. The SMILES string of the molecule is COc1cc(N2CCC(N(C)C)CC2)ccc1N1c2[nH]ccc2C(C(C)c2ccccc2)=NC1N. The van der Waals surface area contributed by atoms with Crippen molar-refractivity contribution >= 4 is 22.9 Å². The molecule has 2 unspecified atom stereocenters. The van der Waals surface area contributed by atoms with Crippen LogP contribution in [0, 0.1) is 0 Å². The lowest BCUT2D eigenvalue weighted by Gasteiger charge is -2.37. The third kappa shape index (κ3) is 4.42. The highest BCUT2D eigenvalue weighted by Gasteiger charge is 2.32. The van der Waals surface area contributed by atoms with Gasteiger partial charge >= 0.3 is 0 Å². The molecule has 1 fully saturated rings. The van der Waals surface area contributed by atoms with E-state index in [2.05, 4.69) is 84.3 Å². The molecule has 0 saturated carbocycles. The van der Waals surface area contributed by atoms with E-state index in [1.165, 1.54) is 11.3 Å². The van der Waals surface area contributed by atoms with Crippen LogP contribution >= 0.6 is 0 Å². The van der Waals surface area contributed by atoms with E-state index in [9.17, 15) is 0 Å². The van der Waals surface area contributed by atoms with Crippen LogP contribution in [0.15, 0.2) is 65.8 Å². The summed E-state index contributed by atoms with van der Waals surface area (Å²) in [6, 6.07) is 19.6. The first-order valence-electron chi connectivity index (χ1n) is 12.4. The molecule has 2 aliphatic heterocycles. The second kappa shape index (κ2) is 9.76. The monoisotopic (exact) mass is 472 g/mol. The quantitative estimate of drug-likeness (QED) is 0.551. The van der Waals surface area contributed by atoms with Crippen LogP contribution in [-0.4, -0.2) is 62.2 Å². The maximum absolute atomic E-state index is 6.69. The van der Waals surface area contributed by atoms with Crippen molar-refractivity contribution in [3.8, 4) is 5.75 Å². The molecule has 3 N–H and O–H groups in total. The number of aliphatic imine (C=N–C) groups is 1. The van der Waals surface area contributed by atoms with Gasteiger partial charge in [0.25, 0.3) is 0 Å². The normalized spacial score (nSPS) is 19.5. The summed E-state index contributed by atoms with van der Waals surface area (Å²) < 4.78 is 5.88. The molecular formula is C28H36N6O. The molecule has 184 valence electrons. The number of aromatic amines is 1. The van der Waals surface area contributed by atoms with Crippen LogP contribution in [0.4, 0.5) is 17.2 Å². The van der Waals surface area contributed by atoms with E-state index in [1.807, 2.05) is 17.2 Å². The van der Waals surface area contributed by atoms with Crippen molar-refractivity contribution in [1.29, 1.82) is 0 Å². The van der Waals surface area contributed by atoms with Crippen LogP contribution in [0.3, 0.4) is 0 Å². The number of anilines is 3. The van der Waals surface area contributed by atoms with Gasteiger partial charge in [-0.05, 0) is 50.7 Å². The highest BCUT2D eigenvalue weighted by Crippen LogP contribution is 2.42. The minimum atomic E-state index is -0.558. The Morgan fingerprint density at radius 3 is 2.51 bits per heavy atom. The van der Waals surface area contributed by atoms with Crippen molar-refractivity contribution in [2.24, 2.45) is 10.7 Å². The van der Waals surface area contributed by atoms with Gasteiger partial charge in [0.15, 0.2) is 6.29 Å². The Labute approximate surface area is 208 Å². The van der Waals surface area contributed by atoms with Gasteiger partial charge < -0.3 is 19.5 Å². The highest BCUT2D eigenvalue weighted by molar-refractivity contribution is 6.10. The summed E-state index contributed by atoms with van der Waals surface area (Å²) in [5, 5.41) is 0. The number of hydrogen-bond donors (Lipinski definition) is 2. The van der Waals surface area contributed by atoms with E-state index in [1.54, 1.807) is 7.11 Å². The molecule has 2 atom stereocenters. The largest absolute Gasteiger partial charge is 0.494 e. The van der Waals surface area contributed by atoms with Gasteiger partial charge in [0.2, 0.25) is 0 Å². The van der Waals surface area contributed by atoms with Gasteiger partial charge in [-0.1, -0.05) is 37.3 Å². The Balaban J connectivity index is 1.44. The topological polar surface area (TPSA) is 73.1 Å². The summed E-state index contributed by atoms with van der Waals surface area (Å²) in [6.45, 7) is 4.27. The van der Waals surface area contributed by atoms with Crippen molar-refractivity contribution in [1.82, 2.24) is 9.88 Å². The Kier molecular flexibility index (Phi) is 6.54. The summed E-state index contributed by atoms with van der Waals surface area (Å²) in [7, 11) is 6.06. The Hall–Kier alpha value is -3.29. The second-order valence-electron chi connectivity index (χ2n) is 9.71. The molecule has 35 heavy (non-hydrogen) atoms. The molecule has 0 radical (unpaired) electrons. The number of nitrogens with zero attached hydrogens (tertiary/aromatic N) is 4. The van der Waals surface area contributed by atoms with Gasteiger partial charge in [-0.3, -0.25) is 10.6 Å². The van der Waals surface area contributed by atoms with Crippen LogP contribution < -0.4 is 20.3 Å². The summed E-state index contributed by atoms with van der Waals surface area (Å²) in [5.74, 6) is 1.87. The summed E-state index contributed by atoms with van der Waals surface area (Å²) in [5.41, 5.74) is 12.1. The number of hydrogen-bond acceptors (Lipinski definition) is 6. The fraction of sp³-hybridized carbons (Fsp3) is 0.393. The van der Waals surface area contributed by atoms with Gasteiger partial charge in [0, 0.05) is 48.6 Å². The number of piperidine rings is 1.